The standard InChI is InChI=1S/C17H19N3O3/c1-17(2)10-11(5-7-23-17)12-9-16(21)20-15(18-12)8-13(19-20)14-4-3-6-22-14/h3-4,6,8-9,11,19H,5,7,10H2,1-2H3. The first-order chi connectivity index (χ1) is 11.0. The van der Waals surface area contributed by atoms with Gasteiger partial charge in [-0.25, -0.2) is 9.50 Å². The molecule has 0 amide bonds. The minimum atomic E-state index is -0.173. The molecule has 1 saturated heterocycles. The molecule has 1 aliphatic heterocycles. The van der Waals surface area contributed by atoms with Gasteiger partial charge in [-0.3, -0.25) is 9.89 Å². The molecule has 4 heterocycles. The molecule has 1 fully saturated rings. The molecule has 0 bridgehead atoms. The molecule has 3 aromatic rings. The Balaban J connectivity index is 1.76. The topological polar surface area (TPSA) is 72.5 Å². The zero-order valence-corrected chi connectivity index (χ0v) is 13.2. The van der Waals surface area contributed by atoms with Crippen LogP contribution in [0, 0.1) is 0 Å². The lowest BCUT2D eigenvalue weighted by Gasteiger charge is -2.35. The molecule has 1 atom stereocenters. The van der Waals surface area contributed by atoms with Crippen LogP contribution in [-0.2, 0) is 4.74 Å². The molecule has 4 rings (SSSR count). The number of furan rings is 1. The summed E-state index contributed by atoms with van der Waals surface area (Å²) >= 11 is 0. The summed E-state index contributed by atoms with van der Waals surface area (Å²) in [4.78, 5) is 17.1. The Morgan fingerprint density at radius 1 is 1.39 bits per heavy atom. The Morgan fingerprint density at radius 2 is 2.26 bits per heavy atom. The normalized spacial score (nSPS) is 20.9. The van der Waals surface area contributed by atoms with E-state index in [9.17, 15) is 4.79 Å². The Morgan fingerprint density at radius 3 is 3.00 bits per heavy atom. The van der Waals surface area contributed by atoms with Crippen molar-refractivity contribution in [3.05, 3.63) is 46.6 Å². The highest BCUT2D eigenvalue weighted by molar-refractivity contribution is 5.59. The van der Waals surface area contributed by atoms with E-state index in [-0.39, 0.29) is 17.1 Å². The number of fused-ring (bicyclic) bond motifs is 1. The molecule has 120 valence electrons. The molecule has 1 unspecified atom stereocenters. The summed E-state index contributed by atoms with van der Waals surface area (Å²) in [5, 5.41) is 3.04. The van der Waals surface area contributed by atoms with Gasteiger partial charge in [0.25, 0.3) is 5.56 Å². The van der Waals surface area contributed by atoms with E-state index in [0.717, 1.165) is 24.2 Å². The first-order valence-corrected chi connectivity index (χ1v) is 7.82. The van der Waals surface area contributed by atoms with Gasteiger partial charge in [-0.05, 0) is 38.8 Å². The molecule has 23 heavy (non-hydrogen) atoms. The van der Waals surface area contributed by atoms with Crippen LogP contribution in [-0.4, -0.2) is 26.8 Å². The number of rotatable bonds is 2. The maximum absolute atomic E-state index is 12.4. The fraction of sp³-hybridized carbons (Fsp3) is 0.412. The summed E-state index contributed by atoms with van der Waals surface area (Å²) < 4.78 is 12.6. The van der Waals surface area contributed by atoms with Crippen LogP contribution in [0.2, 0.25) is 0 Å². The first kappa shape index (κ1) is 14.3. The van der Waals surface area contributed by atoms with Gasteiger partial charge in [0.2, 0.25) is 0 Å². The van der Waals surface area contributed by atoms with Crippen molar-refractivity contribution in [1.82, 2.24) is 14.6 Å². The minimum Gasteiger partial charge on any atom is -0.463 e. The van der Waals surface area contributed by atoms with Crippen molar-refractivity contribution in [2.24, 2.45) is 0 Å². The van der Waals surface area contributed by atoms with Crippen molar-refractivity contribution in [3.63, 3.8) is 0 Å². The third kappa shape index (κ3) is 2.59. The molecule has 6 heteroatoms. The average Bonchev–Trinajstić information content (AvgIpc) is 3.15. The largest absolute Gasteiger partial charge is 0.463 e. The van der Waals surface area contributed by atoms with Crippen LogP contribution in [0.25, 0.3) is 17.1 Å². The van der Waals surface area contributed by atoms with E-state index in [0.29, 0.717) is 18.0 Å². The second-order valence-corrected chi connectivity index (χ2v) is 6.66. The molecule has 3 aromatic heterocycles. The number of aromatic nitrogens is 3. The molecule has 0 aromatic carbocycles. The smallest absolute Gasteiger partial charge is 0.272 e. The summed E-state index contributed by atoms with van der Waals surface area (Å²) in [5.74, 6) is 0.932. The summed E-state index contributed by atoms with van der Waals surface area (Å²) in [5.41, 5.74) is 1.92. The summed E-state index contributed by atoms with van der Waals surface area (Å²) in [6, 6.07) is 7.12. The minimum absolute atomic E-state index is 0.105. The Hall–Kier alpha value is -2.34. The number of hydrogen-bond acceptors (Lipinski definition) is 4. The zero-order chi connectivity index (χ0) is 16.0. The molecule has 1 aliphatic rings. The number of aromatic amines is 1. The third-order valence-electron chi connectivity index (χ3n) is 4.37. The molecule has 1 N–H and O–H groups in total. The van der Waals surface area contributed by atoms with E-state index in [4.69, 9.17) is 14.1 Å². The fourth-order valence-corrected chi connectivity index (χ4v) is 3.26. The molecular weight excluding hydrogens is 294 g/mol. The van der Waals surface area contributed by atoms with Gasteiger partial charge in [-0.1, -0.05) is 0 Å². The van der Waals surface area contributed by atoms with E-state index in [2.05, 4.69) is 18.9 Å². The van der Waals surface area contributed by atoms with Crippen molar-refractivity contribution in [3.8, 4) is 11.5 Å². The molecular formula is C17H19N3O3. The molecule has 0 aliphatic carbocycles. The van der Waals surface area contributed by atoms with Crippen LogP contribution in [0.1, 0.15) is 38.3 Å². The van der Waals surface area contributed by atoms with Crippen molar-refractivity contribution in [2.45, 2.75) is 38.2 Å². The number of ether oxygens (including phenoxy) is 1. The third-order valence-corrected chi connectivity index (χ3v) is 4.37. The second-order valence-electron chi connectivity index (χ2n) is 6.66. The molecule has 0 saturated carbocycles. The molecule has 6 nitrogen and oxygen atoms in total. The maximum atomic E-state index is 12.4. The van der Waals surface area contributed by atoms with Crippen LogP contribution in [0.4, 0.5) is 0 Å². The van der Waals surface area contributed by atoms with Gasteiger partial charge < -0.3 is 9.15 Å². The monoisotopic (exact) mass is 313 g/mol. The predicted octanol–water partition coefficient (Wildman–Crippen LogP) is 2.96. The van der Waals surface area contributed by atoms with Crippen LogP contribution >= 0.6 is 0 Å². The predicted molar refractivity (Wildman–Crippen MR) is 85.5 cm³/mol. The number of H-pyrrole nitrogens is 1. The van der Waals surface area contributed by atoms with Crippen molar-refractivity contribution >= 4 is 5.65 Å². The van der Waals surface area contributed by atoms with E-state index in [1.807, 2.05) is 18.2 Å². The SMILES string of the molecule is CC1(C)CC(c2cc(=O)n3[nH]c(-c4ccco4)cc3n2)CCO1. The summed E-state index contributed by atoms with van der Waals surface area (Å²) in [7, 11) is 0. The van der Waals surface area contributed by atoms with Gasteiger partial charge in [-0.15, -0.1) is 0 Å². The lowest BCUT2D eigenvalue weighted by molar-refractivity contribution is -0.0597. The Kier molecular flexibility index (Phi) is 3.16. The molecule has 0 spiro atoms. The second kappa shape index (κ2) is 5.09. The Bertz CT molecular complexity index is 890. The van der Waals surface area contributed by atoms with E-state index < -0.39 is 0 Å². The van der Waals surface area contributed by atoms with Gasteiger partial charge in [0.05, 0.1) is 17.6 Å². The van der Waals surface area contributed by atoms with Crippen molar-refractivity contribution in [2.75, 3.05) is 6.61 Å². The van der Waals surface area contributed by atoms with Gasteiger partial charge in [0, 0.05) is 24.7 Å². The van der Waals surface area contributed by atoms with Gasteiger partial charge in [-0.2, -0.15) is 0 Å². The van der Waals surface area contributed by atoms with Crippen LogP contribution < -0.4 is 5.56 Å². The summed E-state index contributed by atoms with van der Waals surface area (Å²) in [6.45, 7) is 4.86. The average molecular weight is 313 g/mol. The lowest BCUT2D eigenvalue weighted by atomic mass is 9.86. The van der Waals surface area contributed by atoms with Crippen LogP contribution in [0.5, 0.6) is 0 Å². The van der Waals surface area contributed by atoms with E-state index in [1.165, 1.54) is 4.52 Å². The highest BCUT2D eigenvalue weighted by atomic mass is 16.5. The van der Waals surface area contributed by atoms with Crippen molar-refractivity contribution < 1.29 is 9.15 Å². The highest BCUT2D eigenvalue weighted by Crippen LogP contribution is 2.34. The lowest BCUT2D eigenvalue weighted by Crippen LogP contribution is -2.33. The van der Waals surface area contributed by atoms with Crippen LogP contribution in [0.15, 0.2) is 39.7 Å². The fourth-order valence-electron chi connectivity index (χ4n) is 3.26. The quantitative estimate of drug-likeness (QED) is 0.789. The number of nitrogens with one attached hydrogen (secondary N) is 1. The highest BCUT2D eigenvalue weighted by Gasteiger charge is 2.31. The Labute approximate surface area is 133 Å². The number of hydrogen-bond donors (Lipinski definition) is 1. The molecule has 0 radical (unpaired) electrons. The first-order valence-electron chi connectivity index (χ1n) is 7.82. The number of nitrogens with zero attached hydrogens (tertiary/aromatic N) is 2. The maximum Gasteiger partial charge on any atom is 0.272 e. The van der Waals surface area contributed by atoms with Crippen LogP contribution in [0.3, 0.4) is 0 Å². The van der Waals surface area contributed by atoms with Gasteiger partial charge >= 0.3 is 0 Å². The zero-order valence-electron chi connectivity index (χ0n) is 13.2. The van der Waals surface area contributed by atoms with Gasteiger partial charge in [0.1, 0.15) is 5.69 Å². The van der Waals surface area contributed by atoms with E-state index >= 15 is 0 Å². The summed E-state index contributed by atoms with van der Waals surface area (Å²) in [6.07, 6.45) is 3.36. The van der Waals surface area contributed by atoms with Crippen molar-refractivity contribution in [1.29, 1.82) is 0 Å². The van der Waals surface area contributed by atoms with Gasteiger partial charge in [0.15, 0.2) is 11.4 Å². The van der Waals surface area contributed by atoms with E-state index in [1.54, 1.807) is 12.3 Å².